The highest BCUT2D eigenvalue weighted by Gasteiger charge is 2.27. The molecule has 2 N–H and O–H groups in total. The van der Waals surface area contributed by atoms with Crippen molar-refractivity contribution in [2.45, 2.75) is 59.1 Å². The molecule has 0 saturated heterocycles. The number of anilines is 1. The molecule has 0 bridgehead atoms. The van der Waals surface area contributed by atoms with Gasteiger partial charge in [0.15, 0.2) is 0 Å². The maximum atomic E-state index is 9.45. The van der Waals surface area contributed by atoms with E-state index in [-0.39, 0.29) is 6.61 Å². The summed E-state index contributed by atoms with van der Waals surface area (Å²) in [5.74, 6) is 0.782. The molecule has 3 nitrogen and oxygen atoms in total. The molecule has 0 aromatic heterocycles. The van der Waals surface area contributed by atoms with E-state index in [1.54, 1.807) is 0 Å². The molecule has 0 radical (unpaired) electrons. The first kappa shape index (κ1) is 15.2. The van der Waals surface area contributed by atoms with Crippen LogP contribution in [0.25, 0.3) is 0 Å². The predicted octanol–water partition coefficient (Wildman–Crippen LogP) is 3.96. The van der Waals surface area contributed by atoms with Crippen molar-refractivity contribution in [1.82, 2.24) is 0 Å². The van der Waals surface area contributed by atoms with Crippen LogP contribution in [0.2, 0.25) is 0 Å². The largest absolute Gasteiger partial charge is 0.494 e. The maximum Gasteiger partial charge on any atom is 0.124 e. The van der Waals surface area contributed by atoms with Crippen LogP contribution in [0, 0.1) is 5.41 Å². The minimum Gasteiger partial charge on any atom is -0.494 e. The van der Waals surface area contributed by atoms with Crippen LogP contribution in [-0.4, -0.2) is 17.8 Å². The first-order valence-electron chi connectivity index (χ1n) is 7.67. The topological polar surface area (TPSA) is 41.5 Å². The van der Waals surface area contributed by atoms with Crippen molar-refractivity contribution < 1.29 is 9.84 Å². The fourth-order valence-corrected chi connectivity index (χ4v) is 3.15. The second kappa shape index (κ2) is 6.49. The van der Waals surface area contributed by atoms with Crippen molar-refractivity contribution in [3.8, 4) is 5.75 Å². The van der Waals surface area contributed by atoms with E-state index in [1.165, 1.54) is 25.7 Å². The van der Waals surface area contributed by atoms with E-state index >= 15 is 0 Å². The molecular formula is C17H27NO2. The molecular weight excluding hydrogens is 250 g/mol. The number of benzene rings is 1. The van der Waals surface area contributed by atoms with E-state index in [4.69, 9.17) is 4.74 Å². The molecule has 1 aliphatic carbocycles. The van der Waals surface area contributed by atoms with Gasteiger partial charge in [-0.25, -0.2) is 0 Å². The molecule has 112 valence electrons. The molecule has 3 heteroatoms. The Balaban J connectivity index is 2.06. The van der Waals surface area contributed by atoms with Crippen molar-refractivity contribution in [1.29, 1.82) is 0 Å². The maximum absolute atomic E-state index is 9.45. The molecule has 0 spiro atoms. The van der Waals surface area contributed by atoms with Gasteiger partial charge in [0.05, 0.1) is 13.2 Å². The van der Waals surface area contributed by atoms with Crippen LogP contribution in [0.5, 0.6) is 5.75 Å². The van der Waals surface area contributed by atoms with Crippen LogP contribution in [0.15, 0.2) is 18.2 Å². The summed E-state index contributed by atoms with van der Waals surface area (Å²) in [5, 5.41) is 13.1. The van der Waals surface area contributed by atoms with Crippen molar-refractivity contribution >= 4 is 5.69 Å². The van der Waals surface area contributed by atoms with Gasteiger partial charge in [0.25, 0.3) is 0 Å². The smallest absolute Gasteiger partial charge is 0.124 e. The molecule has 1 aromatic carbocycles. The first-order chi connectivity index (χ1) is 9.54. The first-order valence-corrected chi connectivity index (χ1v) is 7.67. The zero-order valence-corrected chi connectivity index (χ0v) is 12.9. The molecule has 1 fully saturated rings. The van der Waals surface area contributed by atoms with Crippen molar-refractivity contribution in [2.75, 3.05) is 11.9 Å². The third-order valence-corrected chi connectivity index (χ3v) is 4.11. The average Bonchev–Trinajstić information content (AvgIpc) is 2.39. The number of hydrogen-bond acceptors (Lipinski definition) is 3. The van der Waals surface area contributed by atoms with Gasteiger partial charge < -0.3 is 15.2 Å². The highest BCUT2D eigenvalue weighted by Crippen LogP contribution is 2.36. The van der Waals surface area contributed by atoms with Crippen LogP contribution in [-0.2, 0) is 6.61 Å². The van der Waals surface area contributed by atoms with E-state index in [2.05, 4.69) is 19.2 Å². The third kappa shape index (κ3) is 3.89. The van der Waals surface area contributed by atoms with Crippen molar-refractivity contribution in [3.63, 3.8) is 0 Å². The summed E-state index contributed by atoms with van der Waals surface area (Å²) >= 11 is 0. The van der Waals surface area contributed by atoms with Gasteiger partial charge in [0.2, 0.25) is 0 Å². The third-order valence-electron chi connectivity index (χ3n) is 4.11. The van der Waals surface area contributed by atoms with E-state index < -0.39 is 0 Å². The summed E-state index contributed by atoms with van der Waals surface area (Å²) in [6.45, 7) is 7.28. The molecule has 1 aromatic rings. The normalized spacial score (nSPS) is 21.5. The molecule has 1 saturated carbocycles. The minimum atomic E-state index is 0.0149. The van der Waals surface area contributed by atoms with Gasteiger partial charge in [-0.2, -0.15) is 0 Å². The Bertz CT molecular complexity index is 443. The van der Waals surface area contributed by atoms with Crippen LogP contribution in [0.1, 0.15) is 52.0 Å². The van der Waals surface area contributed by atoms with Crippen LogP contribution in [0.4, 0.5) is 5.69 Å². The fraction of sp³-hybridized carbons (Fsp3) is 0.647. The summed E-state index contributed by atoms with van der Waals surface area (Å²) in [5.41, 5.74) is 2.37. The van der Waals surface area contributed by atoms with E-state index in [9.17, 15) is 5.11 Å². The summed E-state index contributed by atoms with van der Waals surface area (Å²) in [6, 6.07) is 6.53. The van der Waals surface area contributed by atoms with E-state index in [0.717, 1.165) is 17.0 Å². The highest BCUT2D eigenvalue weighted by atomic mass is 16.5. The zero-order valence-electron chi connectivity index (χ0n) is 12.9. The summed E-state index contributed by atoms with van der Waals surface area (Å²) in [4.78, 5) is 0. The van der Waals surface area contributed by atoms with Gasteiger partial charge >= 0.3 is 0 Å². The number of rotatable bonds is 5. The fourth-order valence-electron chi connectivity index (χ4n) is 3.15. The Morgan fingerprint density at radius 2 is 2.20 bits per heavy atom. The highest BCUT2D eigenvalue weighted by molar-refractivity contribution is 5.51. The van der Waals surface area contributed by atoms with Gasteiger partial charge in [-0.3, -0.25) is 0 Å². The molecule has 1 unspecified atom stereocenters. The molecule has 1 aliphatic rings. The number of hydrogen-bond donors (Lipinski definition) is 2. The molecule has 0 amide bonds. The van der Waals surface area contributed by atoms with Crippen LogP contribution >= 0.6 is 0 Å². The lowest BCUT2D eigenvalue weighted by Gasteiger charge is -2.36. The summed E-state index contributed by atoms with van der Waals surface area (Å²) in [7, 11) is 0. The average molecular weight is 277 g/mol. The monoisotopic (exact) mass is 277 g/mol. The van der Waals surface area contributed by atoms with Crippen molar-refractivity contribution in [2.24, 2.45) is 5.41 Å². The molecule has 0 aliphatic heterocycles. The molecule has 1 atom stereocenters. The van der Waals surface area contributed by atoms with Gasteiger partial charge in [-0.15, -0.1) is 0 Å². The lowest BCUT2D eigenvalue weighted by atomic mass is 9.75. The SMILES string of the molecule is CCOc1ccc(NC2CCCC(C)(C)C2)cc1CO. The summed E-state index contributed by atoms with van der Waals surface area (Å²) in [6.07, 6.45) is 5.03. The Labute approximate surface area is 122 Å². The van der Waals surface area contributed by atoms with Crippen LogP contribution in [0.3, 0.4) is 0 Å². The quantitative estimate of drug-likeness (QED) is 0.856. The van der Waals surface area contributed by atoms with Crippen LogP contribution < -0.4 is 10.1 Å². The minimum absolute atomic E-state index is 0.0149. The lowest BCUT2D eigenvalue weighted by molar-refractivity contribution is 0.229. The molecule has 20 heavy (non-hydrogen) atoms. The zero-order chi connectivity index (χ0) is 14.6. The van der Waals surface area contributed by atoms with Crippen molar-refractivity contribution in [3.05, 3.63) is 23.8 Å². The Morgan fingerprint density at radius 3 is 2.85 bits per heavy atom. The number of aliphatic hydroxyl groups excluding tert-OH is 1. The van der Waals surface area contributed by atoms with Gasteiger partial charge in [0.1, 0.15) is 5.75 Å². The van der Waals surface area contributed by atoms with Gasteiger partial charge in [0, 0.05) is 17.3 Å². The van der Waals surface area contributed by atoms with E-state index in [0.29, 0.717) is 18.1 Å². The standard InChI is InChI=1S/C17H27NO2/c1-4-20-16-8-7-14(10-13(16)12-19)18-15-6-5-9-17(2,3)11-15/h7-8,10,15,18-19H,4-6,9,11-12H2,1-3H3. The molecule has 0 heterocycles. The second-order valence-electron chi connectivity index (χ2n) is 6.52. The van der Waals surface area contributed by atoms with Gasteiger partial charge in [-0.05, 0) is 49.8 Å². The lowest BCUT2D eigenvalue weighted by Crippen LogP contribution is -2.31. The number of aliphatic hydroxyl groups is 1. The summed E-state index contributed by atoms with van der Waals surface area (Å²) < 4.78 is 5.52. The Kier molecular flexibility index (Phi) is 4.92. The number of nitrogens with one attached hydrogen (secondary N) is 1. The number of ether oxygens (including phenoxy) is 1. The Morgan fingerprint density at radius 1 is 1.40 bits per heavy atom. The Hall–Kier alpha value is -1.22. The predicted molar refractivity (Wildman–Crippen MR) is 83.2 cm³/mol. The van der Waals surface area contributed by atoms with Gasteiger partial charge in [-0.1, -0.05) is 20.3 Å². The molecule has 2 rings (SSSR count). The van der Waals surface area contributed by atoms with E-state index in [1.807, 2.05) is 25.1 Å². The second-order valence-corrected chi connectivity index (χ2v) is 6.52.